The maximum atomic E-state index is 14.2. The topological polar surface area (TPSA) is 85.1 Å². The van der Waals surface area contributed by atoms with E-state index in [9.17, 15) is 49.5 Å². The molecule has 0 saturated heterocycles. The van der Waals surface area contributed by atoms with Crippen molar-refractivity contribution >= 4 is 40.1 Å². The number of hydrogen-bond acceptors (Lipinski definition) is 3. The highest BCUT2D eigenvalue weighted by molar-refractivity contribution is 6.31. The van der Waals surface area contributed by atoms with Crippen LogP contribution in [0.1, 0.15) is 43.4 Å². The molecule has 1 aromatic heterocycles. The second-order valence-corrected chi connectivity index (χ2v) is 9.78. The molecule has 2 N–H and O–H groups in total. The van der Waals surface area contributed by atoms with Gasteiger partial charge in [-0.2, -0.15) is 26.3 Å². The van der Waals surface area contributed by atoms with Crippen molar-refractivity contribution in [3.63, 3.8) is 0 Å². The average Bonchev–Trinajstić information content (AvgIpc) is 3.33. The number of anilines is 1. The van der Waals surface area contributed by atoms with Crippen LogP contribution in [0.15, 0.2) is 47.3 Å². The number of amides is 2. The molecule has 0 aliphatic carbocycles. The van der Waals surface area contributed by atoms with Crippen LogP contribution in [0, 0.1) is 11.6 Å². The zero-order valence-electron chi connectivity index (χ0n) is 20.8. The molecule has 0 fully saturated rings. The van der Waals surface area contributed by atoms with Gasteiger partial charge in [-0.1, -0.05) is 11.6 Å². The lowest BCUT2D eigenvalue weighted by Crippen LogP contribution is -2.28. The quantitative estimate of drug-likeness (QED) is 0.278. The van der Waals surface area contributed by atoms with E-state index in [1.165, 1.54) is 0 Å². The largest absolute Gasteiger partial charge is 0.416 e. The van der Waals surface area contributed by atoms with Gasteiger partial charge in [-0.3, -0.25) is 18.7 Å². The average molecular weight is 619 g/mol. The Kier molecular flexibility index (Phi) is 6.83. The molecule has 1 aliphatic heterocycles. The molecule has 0 radical (unpaired) electrons. The van der Waals surface area contributed by atoms with Crippen LogP contribution in [0.25, 0.3) is 11.0 Å². The Balaban J connectivity index is 1.78. The first-order valence-electron chi connectivity index (χ1n) is 11.7. The molecule has 0 saturated carbocycles. The van der Waals surface area contributed by atoms with Gasteiger partial charge in [-0.25, -0.2) is 13.6 Å². The van der Waals surface area contributed by atoms with Crippen molar-refractivity contribution in [1.82, 2.24) is 14.5 Å². The Morgan fingerprint density at radius 1 is 1.00 bits per heavy atom. The van der Waals surface area contributed by atoms with E-state index in [0.717, 1.165) is 35.9 Å². The number of carbonyl (C=O) groups is 2. The van der Waals surface area contributed by atoms with E-state index in [4.69, 9.17) is 11.6 Å². The lowest BCUT2D eigenvalue weighted by Gasteiger charge is -2.19. The summed E-state index contributed by atoms with van der Waals surface area (Å²) in [6, 6.07) is 3.73. The van der Waals surface area contributed by atoms with Gasteiger partial charge in [-0.15, -0.1) is 0 Å². The number of halogens is 9. The van der Waals surface area contributed by atoms with Crippen LogP contribution in [0.4, 0.5) is 40.8 Å². The molecule has 220 valence electrons. The lowest BCUT2D eigenvalue weighted by atomic mass is 9.95. The van der Waals surface area contributed by atoms with Crippen molar-refractivity contribution in [3.05, 3.63) is 97.4 Å². The molecule has 0 spiro atoms. The molecule has 16 heteroatoms. The van der Waals surface area contributed by atoms with Crippen molar-refractivity contribution in [2.24, 2.45) is 7.05 Å². The number of aromatic nitrogens is 2. The molecule has 2 heterocycles. The van der Waals surface area contributed by atoms with E-state index < -0.39 is 76.4 Å². The minimum absolute atomic E-state index is 0.0385. The minimum Gasteiger partial charge on any atom is -0.341 e. The monoisotopic (exact) mass is 618 g/mol. The summed E-state index contributed by atoms with van der Waals surface area (Å²) < 4.78 is 109. The molecule has 3 aromatic carbocycles. The summed E-state index contributed by atoms with van der Waals surface area (Å²) in [6.07, 6.45) is -9.92. The first kappa shape index (κ1) is 29.1. The van der Waals surface area contributed by atoms with Gasteiger partial charge in [0.1, 0.15) is 18.2 Å². The van der Waals surface area contributed by atoms with Gasteiger partial charge >= 0.3 is 18.0 Å². The normalized spacial score (nSPS) is 15.2. The molecule has 4 aromatic rings. The number of rotatable bonds is 4. The fourth-order valence-corrected chi connectivity index (χ4v) is 5.11. The van der Waals surface area contributed by atoms with Crippen LogP contribution < -0.4 is 16.3 Å². The van der Waals surface area contributed by atoms with Crippen molar-refractivity contribution in [2.75, 3.05) is 5.32 Å². The van der Waals surface area contributed by atoms with Crippen LogP contribution in [-0.2, 0) is 19.8 Å². The van der Waals surface area contributed by atoms with Crippen molar-refractivity contribution in [2.45, 2.75) is 24.9 Å². The zero-order chi connectivity index (χ0) is 30.9. The number of fused-ring (bicyclic) bond motifs is 3. The highest BCUT2D eigenvalue weighted by Gasteiger charge is 2.39. The first-order chi connectivity index (χ1) is 19.5. The zero-order valence-corrected chi connectivity index (χ0v) is 21.6. The van der Waals surface area contributed by atoms with E-state index in [-0.39, 0.29) is 33.3 Å². The fraction of sp³-hybridized carbons (Fsp3) is 0.192. The molecule has 7 nitrogen and oxygen atoms in total. The SMILES string of the molecule is Cn1c(=O)n(CC(F)(F)F)c2cc(NC(=O)c3cc(F)cc(C(F)(F)F)c3)c3c(c21)C(=O)N[C@H]3c1cc(F)ccc1Cl. The number of nitrogens with zero attached hydrogens (tertiary/aromatic N) is 2. The molecule has 0 unspecified atom stereocenters. The molecule has 2 amide bonds. The minimum atomic E-state index is -5.02. The standard InChI is InChI=1S/C26H15ClF8N4O3/c1-38-21-17(39(24(38)42)9-25(30,31)32)8-16(36-22(40)10-4-11(26(33,34)35)6-13(29)5-10)18-19(21)23(41)37-20(18)14-7-12(28)2-3-15(14)27/h2-8,20H,9H2,1H3,(H,36,40)(H,37,41)/t20-/m0/s1. The van der Waals surface area contributed by atoms with Crippen LogP contribution in [0.3, 0.4) is 0 Å². The van der Waals surface area contributed by atoms with Gasteiger partial charge < -0.3 is 10.6 Å². The Morgan fingerprint density at radius 3 is 2.33 bits per heavy atom. The van der Waals surface area contributed by atoms with E-state index in [1.807, 2.05) is 0 Å². The summed E-state index contributed by atoms with van der Waals surface area (Å²) in [5.74, 6) is -4.45. The van der Waals surface area contributed by atoms with E-state index >= 15 is 0 Å². The Hall–Kier alpha value is -4.40. The second-order valence-electron chi connectivity index (χ2n) is 9.38. The van der Waals surface area contributed by atoms with E-state index in [0.29, 0.717) is 16.7 Å². The molecule has 5 rings (SSSR count). The van der Waals surface area contributed by atoms with Crippen LogP contribution in [0.5, 0.6) is 0 Å². The van der Waals surface area contributed by atoms with Crippen molar-refractivity contribution < 1.29 is 44.7 Å². The maximum Gasteiger partial charge on any atom is 0.416 e. The highest BCUT2D eigenvalue weighted by atomic mass is 35.5. The summed E-state index contributed by atoms with van der Waals surface area (Å²) in [5.41, 5.74) is -5.20. The smallest absolute Gasteiger partial charge is 0.341 e. The molecule has 1 atom stereocenters. The van der Waals surface area contributed by atoms with Gasteiger partial charge in [0.15, 0.2) is 0 Å². The molecule has 0 bridgehead atoms. The predicted octanol–water partition coefficient (Wildman–Crippen LogP) is 5.94. The molecular weight excluding hydrogens is 604 g/mol. The Bertz CT molecular complexity index is 1860. The summed E-state index contributed by atoms with van der Waals surface area (Å²) in [4.78, 5) is 39.2. The van der Waals surface area contributed by atoms with E-state index in [2.05, 4.69) is 10.6 Å². The Labute approximate surface area is 234 Å². The summed E-state index contributed by atoms with van der Waals surface area (Å²) in [6.45, 7) is -1.78. The number of aryl methyl sites for hydroxylation is 1. The van der Waals surface area contributed by atoms with E-state index in [1.54, 1.807) is 0 Å². The highest BCUT2D eigenvalue weighted by Crippen LogP contribution is 2.43. The number of imidazole rings is 1. The van der Waals surface area contributed by atoms with Gasteiger partial charge in [0, 0.05) is 34.4 Å². The number of alkyl halides is 6. The fourth-order valence-electron chi connectivity index (χ4n) is 4.89. The number of hydrogen-bond donors (Lipinski definition) is 2. The summed E-state index contributed by atoms with van der Waals surface area (Å²) >= 11 is 6.24. The van der Waals surface area contributed by atoms with Gasteiger partial charge in [0.05, 0.1) is 28.2 Å². The maximum absolute atomic E-state index is 14.2. The first-order valence-corrected chi connectivity index (χ1v) is 12.1. The van der Waals surface area contributed by atoms with Crippen LogP contribution >= 0.6 is 11.6 Å². The molecule has 1 aliphatic rings. The Morgan fingerprint density at radius 2 is 1.69 bits per heavy atom. The van der Waals surface area contributed by atoms with Crippen LogP contribution in [-0.4, -0.2) is 27.1 Å². The summed E-state index contributed by atoms with van der Waals surface area (Å²) in [5, 5.41) is 4.66. The third kappa shape index (κ3) is 5.08. The third-order valence-electron chi connectivity index (χ3n) is 6.60. The van der Waals surface area contributed by atoms with Crippen molar-refractivity contribution in [1.29, 1.82) is 0 Å². The summed E-state index contributed by atoms with van der Waals surface area (Å²) in [7, 11) is 1.11. The van der Waals surface area contributed by atoms with Gasteiger partial charge in [-0.05, 0) is 42.5 Å². The third-order valence-corrected chi connectivity index (χ3v) is 6.94. The molecular formula is C26H15ClF8N4O3. The van der Waals surface area contributed by atoms with Gasteiger partial charge in [0.2, 0.25) is 0 Å². The second kappa shape index (κ2) is 9.86. The molecule has 42 heavy (non-hydrogen) atoms. The number of benzene rings is 3. The van der Waals surface area contributed by atoms with Crippen LogP contribution in [0.2, 0.25) is 5.02 Å². The lowest BCUT2D eigenvalue weighted by molar-refractivity contribution is -0.140. The van der Waals surface area contributed by atoms with Crippen molar-refractivity contribution in [3.8, 4) is 0 Å². The number of carbonyl (C=O) groups excluding carboxylic acids is 2. The number of nitrogens with one attached hydrogen (secondary N) is 2. The van der Waals surface area contributed by atoms with Gasteiger partial charge in [0.25, 0.3) is 11.8 Å². The predicted molar refractivity (Wildman–Crippen MR) is 133 cm³/mol.